The normalized spacial score (nSPS) is 19.0. The van der Waals surface area contributed by atoms with E-state index in [9.17, 15) is 0 Å². The van der Waals surface area contributed by atoms with Crippen LogP contribution in [0.1, 0.15) is 13.8 Å². The summed E-state index contributed by atoms with van der Waals surface area (Å²) in [7, 11) is 0. The fraction of sp³-hybridized carbons (Fsp3) is 0.583. The lowest BCUT2D eigenvalue weighted by Gasteiger charge is -2.38. The number of fused-ring (bicyclic) bond motifs is 1. The van der Waals surface area contributed by atoms with Gasteiger partial charge >= 0.3 is 0 Å². The first kappa shape index (κ1) is 13.1. The van der Waals surface area contributed by atoms with Gasteiger partial charge in [-0.15, -0.1) is 11.3 Å². The Morgan fingerprint density at radius 3 is 3.00 bits per heavy atom. The van der Waals surface area contributed by atoms with Gasteiger partial charge in [0.05, 0.1) is 12.2 Å². The quantitative estimate of drug-likeness (QED) is 0.793. The third-order valence-electron chi connectivity index (χ3n) is 3.05. The minimum atomic E-state index is -0.136. The molecule has 0 bridgehead atoms. The molecule has 1 saturated heterocycles. The standard InChI is InChI=1S/C12H16N4OS2/c1-12(2)6-16(4-5-17-12)10-8-9(13-7-14-10)15-11(18-3)19-8/h7H,4-6H2,1-3H3. The molecule has 19 heavy (non-hydrogen) atoms. The monoisotopic (exact) mass is 296 g/mol. The van der Waals surface area contributed by atoms with Crippen LogP contribution in [0.5, 0.6) is 0 Å². The summed E-state index contributed by atoms with van der Waals surface area (Å²) in [5.74, 6) is 0.985. The Morgan fingerprint density at radius 2 is 2.26 bits per heavy atom. The number of rotatable bonds is 2. The molecular weight excluding hydrogens is 280 g/mol. The predicted octanol–water partition coefficient (Wildman–Crippen LogP) is 2.42. The SMILES string of the molecule is CSc1nc2ncnc(N3CCOC(C)(C)C3)c2s1. The molecule has 0 spiro atoms. The molecule has 2 aromatic rings. The molecule has 0 N–H and O–H groups in total. The van der Waals surface area contributed by atoms with Crippen molar-refractivity contribution >= 4 is 39.3 Å². The summed E-state index contributed by atoms with van der Waals surface area (Å²) in [5.41, 5.74) is 0.659. The molecule has 0 radical (unpaired) electrons. The van der Waals surface area contributed by atoms with E-state index in [4.69, 9.17) is 4.74 Å². The van der Waals surface area contributed by atoms with E-state index in [-0.39, 0.29) is 5.60 Å². The molecule has 5 nitrogen and oxygen atoms in total. The van der Waals surface area contributed by atoms with E-state index >= 15 is 0 Å². The van der Waals surface area contributed by atoms with Crippen LogP contribution in [0.4, 0.5) is 5.82 Å². The molecule has 0 unspecified atom stereocenters. The van der Waals surface area contributed by atoms with Gasteiger partial charge in [0.1, 0.15) is 11.0 Å². The molecule has 3 rings (SSSR count). The molecule has 0 atom stereocenters. The molecule has 0 aromatic carbocycles. The van der Waals surface area contributed by atoms with E-state index in [2.05, 4.69) is 33.7 Å². The number of hydrogen-bond acceptors (Lipinski definition) is 7. The van der Waals surface area contributed by atoms with Crippen molar-refractivity contribution in [1.29, 1.82) is 0 Å². The fourth-order valence-corrected chi connectivity index (χ4v) is 3.76. The Kier molecular flexibility index (Phi) is 3.36. The summed E-state index contributed by atoms with van der Waals surface area (Å²) in [4.78, 5) is 15.5. The van der Waals surface area contributed by atoms with Crippen molar-refractivity contribution in [2.75, 3.05) is 30.9 Å². The summed E-state index contributed by atoms with van der Waals surface area (Å²) in [6, 6.07) is 0. The molecule has 3 heterocycles. The van der Waals surface area contributed by atoms with E-state index in [1.165, 1.54) is 0 Å². The lowest BCUT2D eigenvalue weighted by atomic mass is 10.1. The van der Waals surface area contributed by atoms with Gasteiger partial charge in [-0.2, -0.15) is 0 Å². The molecule has 0 amide bonds. The topological polar surface area (TPSA) is 51.1 Å². The minimum Gasteiger partial charge on any atom is -0.372 e. The Balaban J connectivity index is 2.02. The van der Waals surface area contributed by atoms with Crippen LogP contribution in [0.3, 0.4) is 0 Å². The Hall–Kier alpha value is -0.920. The third kappa shape index (κ3) is 2.54. The maximum absolute atomic E-state index is 5.75. The van der Waals surface area contributed by atoms with Crippen LogP contribution in [-0.2, 0) is 4.74 Å². The van der Waals surface area contributed by atoms with Crippen molar-refractivity contribution in [3.63, 3.8) is 0 Å². The van der Waals surface area contributed by atoms with E-state index < -0.39 is 0 Å². The van der Waals surface area contributed by atoms with E-state index in [1.54, 1.807) is 29.4 Å². The highest BCUT2D eigenvalue weighted by atomic mass is 32.2. The lowest BCUT2D eigenvalue weighted by Crippen LogP contribution is -2.48. The molecule has 1 aliphatic heterocycles. The first-order valence-corrected chi connectivity index (χ1v) is 8.18. The zero-order chi connectivity index (χ0) is 13.5. The second-order valence-corrected chi connectivity index (χ2v) is 7.12. The predicted molar refractivity (Wildman–Crippen MR) is 79.2 cm³/mol. The van der Waals surface area contributed by atoms with Crippen molar-refractivity contribution in [3.05, 3.63) is 6.33 Å². The molecule has 2 aromatic heterocycles. The summed E-state index contributed by atoms with van der Waals surface area (Å²) in [6.07, 6.45) is 3.63. The zero-order valence-electron chi connectivity index (χ0n) is 11.2. The van der Waals surface area contributed by atoms with E-state index in [0.29, 0.717) is 0 Å². The number of thiazole rings is 1. The molecule has 102 valence electrons. The highest BCUT2D eigenvalue weighted by Crippen LogP contribution is 2.34. The number of hydrogen-bond donors (Lipinski definition) is 0. The second-order valence-electron chi connectivity index (χ2n) is 5.06. The maximum Gasteiger partial charge on any atom is 0.176 e. The molecule has 1 fully saturated rings. The average Bonchev–Trinajstić information content (AvgIpc) is 2.80. The van der Waals surface area contributed by atoms with Gasteiger partial charge < -0.3 is 9.64 Å². The summed E-state index contributed by atoms with van der Waals surface area (Å²) < 4.78 is 7.86. The van der Waals surface area contributed by atoms with Crippen molar-refractivity contribution in [3.8, 4) is 0 Å². The van der Waals surface area contributed by atoms with E-state index in [0.717, 1.165) is 40.2 Å². The summed E-state index contributed by atoms with van der Waals surface area (Å²) in [5, 5.41) is 0. The number of aromatic nitrogens is 3. The van der Waals surface area contributed by atoms with Gasteiger partial charge in [-0.3, -0.25) is 0 Å². The number of anilines is 1. The van der Waals surface area contributed by atoms with Crippen LogP contribution in [0.25, 0.3) is 10.3 Å². The van der Waals surface area contributed by atoms with E-state index in [1.807, 2.05) is 6.26 Å². The van der Waals surface area contributed by atoms with Crippen LogP contribution in [0, 0.1) is 0 Å². The number of ether oxygens (including phenoxy) is 1. The van der Waals surface area contributed by atoms with Crippen molar-refractivity contribution in [2.45, 2.75) is 23.8 Å². The first-order chi connectivity index (χ1) is 9.09. The van der Waals surface area contributed by atoms with Gasteiger partial charge in [-0.1, -0.05) is 11.8 Å². The van der Waals surface area contributed by atoms with Crippen molar-refractivity contribution in [2.24, 2.45) is 0 Å². The highest BCUT2D eigenvalue weighted by molar-refractivity contribution is 8.00. The van der Waals surface area contributed by atoms with Gasteiger partial charge in [0, 0.05) is 13.1 Å². The summed E-state index contributed by atoms with van der Waals surface area (Å²) >= 11 is 3.31. The fourth-order valence-electron chi connectivity index (χ4n) is 2.23. The van der Waals surface area contributed by atoms with Crippen molar-refractivity contribution in [1.82, 2.24) is 15.0 Å². The molecule has 7 heteroatoms. The highest BCUT2D eigenvalue weighted by Gasteiger charge is 2.29. The maximum atomic E-state index is 5.75. The van der Waals surface area contributed by atoms with Gasteiger partial charge in [0.25, 0.3) is 0 Å². The van der Waals surface area contributed by atoms with Gasteiger partial charge in [-0.05, 0) is 20.1 Å². The zero-order valence-corrected chi connectivity index (χ0v) is 12.8. The van der Waals surface area contributed by atoms with Gasteiger partial charge in [0.15, 0.2) is 15.8 Å². The molecule has 0 saturated carbocycles. The average molecular weight is 296 g/mol. The van der Waals surface area contributed by atoms with Crippen LogP contribution in [-0.4, -0.2) is 46.5 Å². The Morgan fingerprint density at radius 1 is 1.42 bits per heavy atom. The number of nitrogens with zero attached hydrogens (tertiary/aromatic N) is 4. The summed E-state index contributed by atoms with van der Waals surface area (Å²) in [6.45, 7) is 6.65. The van der Waals surface area contributed by atoms with Gasteiger partial charge in [-0.25, -0.2) is 15.0 Å². The van der Waals surface area contributed by atoms with Crippen LogP contribution >= 0.6 is 23.1 Å². The Bertz CT molecular complexity index is 598. The van der Waals surface area contributed by atoms with Crippen LogP contribution < -0.4 is 4.90 Å². The van der Waals surface area contributed by atoms with Gasteiger partial charge in [0.2, 0.25) is 0 Å². The first-order valence-electron chi connectivity index (χ1n) is 6.13. The Labute approximate surface area is 120 Å². The second kappa shape index (κ2) is 4.88. The van der Waals surface area contributed by atoms with Crippen molar-refractivity contribution < 1.29 is 4.74 Å². The number of thioether (sulfide) groups is 1. The molecule has 1 aliphatic rings. The molecule has 0 aliphatic carbocycles. The third-order valence-corrected chi connectivity index (χ3v) is 5.08. The lowest BCUT2D eigenvalue weighted by molar-refractivity contribution is -0.0278. The smallest absolute Gasteiger partial charge is 0.176 e. The number of morpholine rings is 1. The van der Waals surface area contributed by atoms with Crippen LogP contribution in [0.2, 0.25) is 0 Å². The van der Waals surface area contributed by atoms with Crippen LogP contribution in [0.15, 0.2) is 10.7 Å². The molecular formula is C12H16N4OS2. The largest absolute Gasteiger partial charge is 0.372 e. The minimum absolute atomic E-state index is 0.136.